The quantitative estimate of drug-likeness (QED) is 0.739. The van der Waals surface area contributed by atoms with Crippen molar-refractivity contribution < 1.29 is 4.39 Å². The first kappa shape index (κ1) is 16.5. The van der Waals surface area contributed by atoms with Gasteiger partial charge in [-0.25, -0.2) is 4.39 Å². The van der Waals surface area contributed by atoms with E-state index in [1.165, 1.54) is 11.6 Å². The fraction of sp³-hybridized carbons (Fsp3) is 0.294. The van der Waals surface area contributed by atoms with E-state index in [-0.39, 0.29) is 11.7 Å². The molecular weight excluding hydrogens is 353 g/mol. The summed E-state index contributed by atoms with van der Waals surface area (Å²) in [6.07, 6.45) is 0.783. The molecule has 2 aromatic rings. The molecule has 0 bridgehead atoms. The van der Waals surface area contributed by atoms with Crippen LogP contribution in [0, 0.1) is 5.82 Å². The van der Waals surface area contributed by atoms with Gasteiger partial charge in [0.2, 0.25) is 0 Å². The van der Waals surface area contributed by atoms with Crippen LogP contribution >= 0.6 is 27.5 Å². The van der Waals surface area contributed by atoms with Gasteiger partial charge in [-0.05, 0) is 54.4 Å². The maximum Gasteiger partial charge on any atom is 0.124 e. The summed E-state index contributed by atoms with van der Waals surface area (Å²) in [5, 5.41) is 4.10. The first-order valence-corrected chi connectivity index (χ1v) is 8.16. The molecule has 2 aromatic carbocycles. The van der Waals surface area contributed by atoms with Gasteiger partial charge < -0.3 is 5.32 Å². The summed E-state index contributed by atoms with van der Waals surface area (Å²) in [6.45, 7) is 3.85. The summed E-state index contributed by atoms with van der Waals surface area (Å²) in [7, 11) is 0. The largest absolute Gasteiger partial charge is 0.316 e. The van der Waals surface area contributed by atoms with Crippen molar-refractivity contribution in [1.29, 1.82) is 0 Å². The Kier molecular flexibility index (Phi) is 6.22. The smallest absolute Gasteiger partial charge is 0.124 e. The van der Waals surface area contributed by atoms with Gasteiger partial charge in [-0.1, -0.05) is 46.6 Å². The number of hydrogen-bond donors (Lipinski definition) is 1. The Bertz CT molecular complexity index is 566. The van der Waals surface area contributed by atoms with Gasteiger partial charge in [0.25, 0.3) is 0 Å². The van der Waals surface area contributed by atoms with Crippen molar-refractivity contribution in [3.05, 3.63) is 68.9 Å². The van der Waals surface area contributed by atoms with Gasteiger partial charge in [0.05, 0.1) is 0 Å². The van der Waals surface area contributed by atoms with Gasteiger partial charge in [-0.3, -0.25) is 0 Å². The molecule has 0 saturated heterocycles. The molecular formula is C17H18BrClFN. The minimum absolute atomic E-state index is 0.210. The fourth-order valence-corrected chi connectivity index (χ4v) is 3.01. The fourth-order valence-electron chi connectivity index (χ4n) is 2.37. The SMILES string of the molecule is CCNCC(Cc1cc(F)cc(Br)c1)c1ccc(Cl)cc1. The predicted molar refractivity (Wildman–Crippen MR) is 90.5 cm³/mol. The topological polar surface area (TPSA) is 12.0 Å². The lowest BCUT2D eigenvalue weighted by atomic mass is 9.92. The highest BCUT2D eigenvalue weighted by Crippen LogP contribution is 2.24. The van der Waals surface area contributed by atoms with E-state index in [2.05, 4.69) is 28.2 Å². The molecule has 0 aliphatic rings. The Balaban J connectivity index is 2.21. The zero-order chi connectivity index (χ0) is 15.2. The minimum atomic E-state index is -0.210. The third kappa shape index (κ3) is 5.10. The van der Waals surface area contributed by atoms with Crippen LogP contribution in [0.1, 0.15) is 24.0 Å². The Labute approximate surface area is 138 Å². The van der Waals surface area contributed by atoms with Crippen LogP contribution in [-0.4, -0.2) is 13.1 Å². The number of halogens is 3. The van der Waals surface area contributed by atoms with Crippen molar-refractivity contribution in [1.82, 2.24) is 5.32 Å². The lowest BCUT2D eigenvalue weighted by molar-refractivity contribution is 0.588. The summed E-state index contributed by atoms with van der Waals surface area (Å²) in [6, 6.07) is 12.9. The summed E-state index contributed by atoms with van der Waals surface area (Å²) in [4.78, 5) is 0. The van der Waals surface area contributed by atoms with Gasteiger partial charge >= 0.3 is 0 Å². The average molecular weight is 371 g/mol. The van der Waals surface area contributed by atoms with Crippen LogP contribution in [0.5, 0.6) is 0 Å². The molecule has 1 nitrogen and oxygen atoms in total. The van der Waals surface area contributed by atoms with E-state index in [1.807, 2.05) is 30.3 Å². The normalized spacial score (nSPS) is 12.4. The van der Waals surface area contributed by atoms with E-state index < -0.39 is 0 Å². The van der Waals surface area contributed by atoms with Gasteiger partial charge in [0, 0.05) is 22.0 Å². The van der Waals surface area contributed by atoms with Crippen LogP contribution in [-0.2, 0) is 6.42 Å². The number of nitrogens with one attached hydrogen (secondary N) is 1. The zero-order valence-electron chi connectivity index (χ0n) is 11.9. The number of rotatable bonds is 6. The molecule has 112 valence electrons. The first-order valence-electron chi connectivity index (χ1n) is 6.99. The molecule has 0 spiro atoms. The number of benzene rings is 2. The first-order chi connectivity index (χ1) is 10.1. The van der Waals surface area contributed by atoms with E-state index in [9.17, 15) is 4.39 Å². The third-order valence-corrected chi connectivity index (χ3v) is 4.10. The van der Waals surface area contributed by atoms with Crippen LogP contribution < -0.4 is 5.32 Å². The van der Waals surface area contributed by atoms with Crippen molar-refractivity contribution in [2.75, 3.05) is 13.1 Å². The molecule has 0 aliphatic heterocycles. The lowest BCUT2D eigenvalue weighted by Gasteiger charge is -2.18. The maximum atomic E-state index is 13.5. The molecule has 4 heteroatoms. The average Bonchev–Trinajstić information content (AvgIpc) is 2.43. The summed E-state index contributed by atoms with van der Waals surface area (Å²) >= 11 is 9.30. The Morgan fingerprint density at radius 1 is 1.19 bits per heavy atom. The molecule has 1 N–H and O–H groups in total. The van der Waals surface area contributed by atoms with E-state index in [4.69, 9.17) is 11.6 Å². The highest BCUT2D eigenvalue weighted by molar-refractivity contribution is 9.10. The van der Waals surface area contributed by atoms with Gasteiger partial charge in [0.15, 0.2) is 0 Å². The molecule has 0 aromatic heterocycles. The highest BCUT2D eigenvalue weighted by atomic mass is 79.9. The number of likely N-dealkylation sites (N-methyl/N-ethyl adjacent to an activating group) is 1. The van der Waals surface area contributed by atoms with Crippen molar-refractivity contribution in [3.63, 3.8) is 0 Å². The molecule has 0 saturated carbocycles. The third-order valence-electron chi connectivity index (χ3n) is 3.39. The molecule has 0 radical (unpaired) electrons. The standard InChI is InChI=1S/C17H18BrClFN/c1-2-21-11-14(13-3-5-16(19)6-4-13)7-12-8-15(18)10-17(20)9-12/h3-6,8-10,14,21H,2,7,11H2,1H3. The second-order valence-corrected chi connectivity index (χ2v) is 6.39. The predicted octanol–water partition coefficient (Wildman–Crippen LogP) is 5.18. The van der Waals surface area contributed by atoms with Crippen LogP contribution in [0.3, 0.4) is 0 Å². The second kappa shape index (κ2) is 7.92. The second-order valence-electron chi connectivity index (χ2n) is 5.04. The molecule has 2 rings (SSSR count). The van der Waals surface area contributed by atoms with E-state index in [0.717, 1.165) is 34.6 Å². The van der Waals surface area contributed by atoms with Crippen LogP contribution in [0.2, 0.25) is 5.02 Å². The summed E-state index contributed by atoms with van der Waals surface area (Å²) in [5.41, 5.74) is 2.19. The van der Waals surface area contributed by atoms with E-state index in [0.29, 0.717) is 0 Å². The molecule has 0 aliphatic carbocycles. The summed E-state index contributed by atoms with van der Waals surface area (Å²) in [5.74, 6) is 0.0774. The molecule has 1 unspecified atom stereocenters. The molecule has 0 amide bonds. The zero-order valence-corrected chi connectivity index (χ0v) is 14.2. The Morgan fingerprint density at radius 3 is 2.52 bits per heavy atom. The van der Waals surface area contributed by atoms with Crippen LogP contribution in [0.4, 0.5) is 4.39 Å². The monoisotopic (exact) mass is 369 g/mol. The van der Waals surface area contributed by atoms with Crippen molar-refractivity contribution >= 4 is 27.5 Å². The van der Waals surface area contributed by atoms with Gasteiger partial charge in [-0.2, -0.15) is 0 Å². The van der Waals surface area contributed by atoms with Crippen LogP contribution in [0.15, 0.2) is 46.9 Å². The maximum absolute atomic E-state index is 13.5. The minimum Gasteiger partial charge on any atom is -0.316 e. The molecule has 21 heavy (non-hydrogen) atoms. The van der Waals surface area contributed by atoms with Crippen molar-refractivity contribution in [3.8, 4) is 0 Å². The number of hydrogen-bond acceptors (Lipinski definition) is 1. The summed E-state index contributed by atoms with van der Waals surface area (Å²) < 4.78 is 14.3. The molecule has 0 fully saturated rings. The van der Waals surface area contributed by atoms with Crippen LogP contribution in [0.25, 0.3) is 0 Å². The highest BCUT2D eigenvalue weighted by Gasteiger charge is 2.13. The van der Waals surface area contributed by atoms with Gasteiger partial charge in [0.1, 0.15) is 5.82 Å². The van der Waals surface area contributed by atoms with E-state index >= 15 is 0 Å². The lowest BCUT2D eigenvalue weighted by Crippen LogP contribution is -2.22. The van der Waals surface area contributed by atoms with Crippen molar-refractivity contribution in [2.45, 2.75) is 19.3 Å². The van der Waals surface area contributed by atoms with Gasteiger partial charge in [-0.15, -0.1) is 0 Å². The Morgan fingerprint density at radius 2 is 1.90 bits per heavy atom. The Hall–Kier alpha value is -0.900. The molecule has 0 heterocycles. The van der Waals surface area contributed by atoms with E-state index in [1.54, 1.807) is 6.07 Å². The van der Waals surface area contributed by atoms with Crippen molar-refractivity contribution in [2.24, 2.45) is 0 Å². The molecule has 1 atom stereocenters.